The predicted molar refractivity (Wildman–Crippen MR) is 92.8 cm³/mol. The van der Waals surface area contributed by atoms with Crippen LogP contribution < -0.4 is 11.1 Å². The van der Waals surface area contributed by atoms with Crippen LogP contribution in [0.1, 0.15) is 42.3 Å². The number of carbonyl (C=O) groups excluding carboxylic acids is 1. The molecule has 0 saturated heterocycles. The average Bonchev–Trinajstić information content (AvgIpc) is 2.78. The first-order chi connectivity index (χ1) is 10.1. The molecule has 0 bridgehead atoms. The predicted octanol–water partition coefficient (Wildman–Crippen LogP) is 4.55. The minimum atomic E-state index is -0.0245. The number of hydrogen-bond donors (Lipinski definition) is 2. The second-order valence-electron chi connectivity index (χ2n) is 5.83. The number of carbonyl (C=O) groups is 1. The average molecular weight is 367 g/mol. The highest BCUT2D eigenvalue weighted by molar-refractivity contribution is 9.10. The quantitative estimate of drug-likeness (QED) is 0.818. The number of anilines is 1. The maximum absolute atomic E-state index is 12.5. The van der Waals surface area contributed by atoms with E-state index in [4.69, 9.17) is 5.73 Å². The molecule has 2 aromatic rings. The minimum Gasteiger partial charge on any atom is -0.397 e. The second kappa shape index (κ2) is 5.97. The van der Waals surface area contributed by atoms with Gasteiger partial charge in [0.25, 0.3) is 5.91 Å². The molecule has 1 amide bonds. The normalized spacial score (nSPS) is 22.4. The summed E-state index contributed by atoms with van der Waals surface area (Å²) in [6, 6.07) is 6.21. The van der Waals surface area contributed by atoms with Crippen molar-refractivity contribution in [2.45, 2.75) is 38.6 Å². The summed E-state index contributed by atoms with van der Waals surface area (Å²) in [5.41, 5.74) is 6.76. The maximum atomic E-state index is 12.5. The Morgan fingerprint density at radius 1 is 1.38 bits per heavy atom. The van der Waals surface area contributed by atoms with Gasteiger partial charge in [0.15, 0.2) is 0 Å². The molecule has 2 unspecified atom stereocenters. The zero-order chi connectivity index (χ0) is 15.0. The summed E-state index contributed by atoms with van der Waals surface area (Å²) in [6.45, 7) is 2.22. The van der Waals surface area contributed by atoms with Gasteiger partial charge in [0.1, 0.15) is 4.88 Å². The SMILES string of the molecule is CC1CCCCC1NC(=O)c1sc2cc(Br)ccc2c1N. The number of fused-ring (bicyclic) bond motifs is 1. The lowest BCUT2D eigenvalue weighted by Crippen LogP contribution is -2.40. The van der Waals surface area contributed by atoms with Crippen molar-refractivity contribution in [3.05, 3.63) is 27.5 Å². The summed E-state index contributed by atoms with van der Waals surface area (Å²) < 4.78 is 2.05. The fraction of sp³-hybridized carbons (Fsp3) is 0.438. The summed E-state index contributed by atoms with van der Waals surface area (Å²) in [5.74, 6) is 0.524. The Morgan fingerprint density at radius 3 is 2.90 bits per heavy atom. The highest BCUT2D eigenvalue weighted by Gasteiger charge is 2.25. The third-order valence-electron chi connectivity index (χ3n) is 4.32. The molecule has 1 heterocycles. The summed E-state index contributed by atoms with van der Waals surface area (Å²) in [6.07, 6.45) is 4.74. The lowest BCUT2D eigenvalue weighted by Gasteiger charge is -2.29. The van der Waals surface area contributed by atoms with Gasteiger partial charge in [0.2, 0.25) is 0 Å². The van der Waals surface area contributed by atoms with E-state index in [1.54, 1.807) is 0 Å². The van der Waals surface area contributed by atoms with Crippen LogP contribution in [0.2, 0.25) is 0 Å². The molecule has 1 fully saturated rings. The van der Waals surface area contributed by atoms with Crippen molar-refractivity contribution in [2.24, 2.45) is 5.92 Å². The molecular formula is C16H19BrN2OS. The van der Waals surface area contributed by atoms with Crippen LogP contribution in [0.25, 0.3) is 10.1 Å². The molecule has 0 radical (unpaired) electrons. The fourth-order valence-corrected chi connectivity index (χ4v) is 4.60. The van der Waals surface area contributed by atoms with Crippen molar-refractivity contribution in [2.75, 3.05) is 5.73 Å². The minimum absolute atomic E-state index is 0.0245. The van der Waals surface area contributed by atoms with Crippen molar-refractivity contribution < 1.29 is 4.79 Å². The van der Waals surface area contributed by atoms with Gasteiger partial charge in [0, 0.05) is 20.6 Å². The van der Waals surface area contributed by atoms with E-state index in [0.717, 1.165) is 21.0 Å². The van der Waals surface area contributed by atoms with Crippen molar-refractivity contribution in [3.8, 4) is 0 Å². The largest absolute Gasteiger partial charge is 0.397 e. The van der Waals surface area contributed by atoms with E-state index in [9.17, 15) is 4.79 Å². The van der Waals surface area contributed by atoms with E-state index >= 15 is 0 Å². The first kappa shape index (κ1) is 14.9. The summed E-state index contributed by atoms with van der Waals surface area (Å²) in [7, 11) is 0. The number of amides is 1. The van der Waals surface area contributed by atoms with Gasteiger partial charge in [-0.1, -0.05) is 41.8 Å². The molecule has 1 saturated carbocycles. The molecular weight excluding hydrogens is 348 g/mol. The molecule has 3 nitrogen and oxygen atoms in total. The molecule has 1 aliphatic carbocycles. The molecule has 2 atom stereocenters. The molecule has 1 aliphatic rings. The first-order valence-corrected chi connectivity index (χ1v) is 8.95. The molecule has 112 valence electrons. The lowest BCUT2D eigenvalue weighted by atomic mass is 9.86. The van der Waals surface area contributed by atoms with Crippen LogP contribution in [-0.2, 0) is 0 Å². The number of nitrogen functional groups attached to an aromatic ring is 1. The van der Waals surface area contributed by atoms with Crippen molar-refractivity contribution in [3.63, 3.8) is 0 Å². The Kier molecular flexibility index (Phi) is 4.22. The van der Waals surface area contributed by atoms with Crippen LogP contribution in [0, 0.1) is 5.92 Å². The van der Waals surface area contributed by atoms with Gasteiger partial charge < -0.3 is 11.1 Å². The van der Waals surface area contributed by atoms with Gasteiger partial charge in [-0.2, -0.15) is 0 Å². The Bertz CT molecular complexity index is 682. The van der Waals surface area contributed by atoms with E-state index in [0.29, 0.717) is 16.5 Å². The van der Waals surface area contributed by atoms with Gasteiger partial charge in [0.05, 0.1) is 5.69 Å². The molecule has 1 aromatic carbocycles. The monoisotopic (exact) mass is 366 g/mol. The summed E-state index contributed by atoms with van der Waals surface area (Å²) in [5, 5.41) is 4.14. The molecule has 5 heteroatoms. The summed E-state index contributed by atoms with van der Waals surface area (Å²) >= 11 is 4.92. The smallest absolute Gasteiger partial charge is 0.263 e. The van der Waals surface area contributed by atoms with Crippen LogP contribution in [0.15, 0.2) is 22.7 Å². The molecule has 1 aromatic heterocycles. The number of benzene rings is 1. The number of rotatable bonds is 2. The first-order valence-electron chi connectivity index (χ1n) is 7.34. The second-order valence-corrected chi connectivity index (χ2v) is 7.79. The van der Waals surface area contributed by atoms with Crippen LogP contribution >= 0.6 is 27.3 Å². The Hall–Kier alpha value is -1.07. The number of hydrogen-bond acceptors (Lipinski definition) is 3. The number of nitrogens with two attached hydrogens (primary N) is 1. The lowest BCUT2D eigenvalue weighted by molar-refractivity contribution is 0.0915. The van der Waals surface area contributed by atoms with Crippen LogP contribution in [0.4, 0.5) is 5.69 Å². The Labute approximate surface area is 137 Å². The van der Waals surface area contributed by atoms with Gasteiger partial charge in [-0.25, -0.2) is 0 Å². The molecule has 3 N–H and O–H groups in total. The number of thiophene rings is 1. The van der Waals surface area contributed by atoms with E-state index < -0.39 is 0 Å². The highest BCUT2D eigenvalue weighted by atomic mass is 79.9. The topological polar surface area (TPSA) is 55.1 Å². The van der Waals surface area contributed by atoms with Crippen LogP contribution in [0.3, 0.4) is 0 Å². The Balaban J connectivity index is 1.85. The van der Waals surface area contributed by atoms with Crippen LogP contribution in [-0.4, -0.2) is 11.9 Å². The zero-order valence-corrected chi connectivity index (χ0v) is 14.4. The van der Waals surface area contributed by atoms with Crippen molar-refractivity contribution >= 4 is 48.9 Å². The Morgan fingerprint density at radius 2 is 2.14 bits per heavy atom. The van der Waals surface area contributed by atoms with E-state index in [1.807, 2.05) is 18.2 Å². The molecule has 0 spiro atoms. The van der Waals surface area contributed by atoms with Gasteiger partial charge in [-0.15, -0.1) is 11.3 Å². The van der Waals surface area contributed by atoms with Crippen molar-refractivity contribution in [1.82, 2.24) is 5.32 Å². The van der Waals surface area contributed by atoms with E-state index in [1.165, 1.54) is 30.6 Å². The zero-order valence-electron chi connectivity index (χ0n) is 12.0. The number of nitrogens with one attached hydrogen (secondary N) is 1. The van der Waals surface area contributed by atoms with Crippen LogP contribution in [0.5, 0.6) is 0 Å². The third-order valence-corrected chi connectivity index (χ3v) is 5.99. The third kappa shape index (κ3) is 2.94. The standard InChI is InChI=1S/C16H19BrN2OS/c1-9-4-2-3-5-12(9)19-16(20)15-14(18)11-7-6-10(17)8-13(11)21-15/h6-9,12H,2-5,18H2,1H3,(H,19,20). The van der Waals surface area contributed by atoms with E-state index in [-0.39, 0.29) is 11.9 Å². The van der Waals surface area contributed by atoms with Gasteiger partial charge in [-0.3, -0.25) is 4.79 Å². The van der Waals surface area contributed by atoms with Gasteiger partial charge >= 0.3 is 0 Å². The number of halogens is 1. The molecule has 3 rings (SSSR count). The van der Waals surface area contributed by atoms with Gasteiger partial charge in [-0.05, 0) is 30.9 Å². The highest BCUT2D eigenvalue weighted by Crippen LogP contribution is 2.35. The molecule has 21 heavy (non-hydrogen) atoms. The summed E-state index contributed by atoms with van der Waals surface area (Å²) in [4.78, 5) is 13.2. The van der Waals surface area contributed by atoms with E-state index in [2.05, 4.69) is 28.2 Å². The van der Waals surface area contributed by atoms with Crippen molar-refractivity contribution in [1.29, 1.82) is 0 Å². The molecule has 0 aliphatic heterocycles. The fourth-order valence-electron chi connectivity index (χ4n) is 3.02. The maximum Gasteiger partial charge on any atom is 0.263 e.